The Hall–Kier alpha value is -0.870. The van der Waals surface area contributed by atoms with Crippen molar-refractivity contribution in [3.63, 3.8) is 0 Å². The second-order valence-corrected chi connectivity index (χ2v) is 6.94. The summed E-state index contributed by atoms with van der Waals surface area (Å²) in [6.07, 6.45) is 3.49. The van der Waals surface area contributed by atoms with Crippen molar-refractivity contribution in [3.05, 3.63) is 29.8 Å². The van der Waals surface area contributed by atoms with Crippen LogP contribution in [0.4, 0.5) is 0 Å². The van der Waals surface area contributed by atoms with Gasteiger partial charge >= 0.3 is 0 Å². The highest BCUT2D eigenvalue weighted by molar-refractivity contribution is 7.90. The van der Waals surface area contributed by atoms with E-state index in [2.05, 4.69) is 11.9 Å². The molecule has 0 bridgehead atoms. The number of hydrogen-bond donors (Lipinski definition) is 0. The molecule has 1 aromatic carbocycles. The molecule has 1 fully saturated rings. The highest BCUT2D eigenvalue weighted by Crippen LogP contribution is 2.28. The van der Waals surface area contributed by atoms with Gasteiger partial charge in [0, 0.05) is 6.26 Å². The van der Waals surface area contributed by atoms with Crippen LogP contribution < -0.4 is 0 Å². The lowest BCUT2D eigenvalue weighted by Gasteiger charge is -2.29. The summed E-state index contributed by atoms with van der Waals surface area (Å²) < 4.78 is 23.0. The second kappa shape index (κ2) is 4.78. The van der Waals surface area contributed by atoms with Gasteiger partial charge in [-0.15, -0.1) is 0 Å². The minimum atomic E-state index is -3.09. The van der Waals surface area contributed by atoms with Crippen LogP contribution in [0.15, 0.2) is 29.2 Å². The maximum atomic E-state index is 11.5. The van der Waals surface area contributed by atoms with E-state index in [1.165, 1.54) is 11.8 Å². The average molecular weight is 253 g/mol. The monoisotopic (exact) mass is 253 g/mol. The van der Waals surface area contributed by atoms with E-state index < -0.39 is 9.84 Å². The van der Waals surface area contributed by atoms with Crippen LogP contribution in [0, 0.1) is 0 Å². The predicted molar refractivity (Wildman–Crippen MR) is 69.0 cm³/mol. The van der Waals surface area contributed by atoms with E-state index in [1.54, 1.807) is 6.07 Å². The Labute approximate surface area is 103 Å². The molecule has 0 saturated carbocycles. The highest BCUT2D eigenvalue weighted by Gasteiger charge is 2.19. The summed E-state index contributed by atoms with van der Waals surface area (Å²) in [5, 5.41) is 0. The molecule has 1 heterocycles. The molecular formula is C13H19NO2S. The van der Waals surface area contributed by atoms with Crippen LogP contribution in [0.5, 0.6) is 0 Å². The summed E-state index contributed by atoms with van der Waals surface area (Å²) >= 11 is 0. The third-order valence-corrected chi connectivity index (χ3v) is 4.59. The van der Waals surface area contributed by atoms with Crippen LogP contribution in [-0.2, 0) is 9.84 Å². The van der Waals surface area contributed by atoms with E-state index >= 15 is 0 Å². The summed E-state index contributed by atoms with van der Waals surface area (Å²) in [4.78, 5) is 2.76. The quantitative estimate of drug-likeness (QED) is 0.808. The van der Waals surface area contributed by atoms with E-state index in [1.807, 2.05) is 18.2 Å². The summed E-state index contributed by atoms with van der Waals surface area (Å²) in [6.45, 7) is 2.18. The fourth-order valence-corrected chi connectivity index (χ4v) is 3.02. The fraction of sp³-hybridized carbons (Fsp3) is 0.538. The zero-order valence-electron chi connectivity index (χ0n) is 10.4. The van der Waals surface area contributed by atoms with E-state index in [-0.39, 0.29) is 0 Å². The Bertz CT molecular complexity index is 488. The third-order valence-electron chi connectivity index (χ3n) is 3.48. The van der Waals surface area contributed by atoms with Gasteiger partial charge in [-0.2, -0.15) is 0 Å². The molecule has 0 spiro atoms. The van der Waals surface area contributed by atoms with Gasteiger partial charge in [-0.05, 0) is 56.6 Å². The van der Waals surface area contributed by atoms with Gasteiger partial charge in [-0.3, -0.25) is 0 Å². The molecule has 0 unspecified atom stereocenters. The SMILES string of the molecule is CN1CCC(c2cccc(S(C)(=O)=O)c2)CC1. The van der Waals surface area contributed by atoms with Crippen molar-refractivity contribution in [2.45, 2.75) is 23.7 Å². The van der Waals surface area contributed by atoms with Crippen molar-refractivity contribution >= 4 is 9.84 Å². The molecule has 1 saturated heterocycles. The Morgan fingerprint density at radius 2 is 1.88 bits per heavy atom. The molecule has 0 aromatic heterocycles. The first-order chi connectivity index (χ1) is 7.97. The van der Waals surface area contributed by atoms with Crippen LogP contribution in [-0.4, -0.2) is 39.7 Å². The highest BCUT2D eigenvalue weighted by atomic mass is 32.2. The number of benzene rings is 1. The maximum absolute atomic E-state index is 11.5. The van der Waals surface area contributed by atoms with Crippen LogP contribution in [0.25, 0.3) is 0 Å². The van der Waals surface area contributed by atoms with Gasteiger partial charge in [-0.25, -0.2) is 8.42 Å². The van der Waals surface area contributed by atoms with Crippen molar-refractivity contribution < 1.29 is 8.42 Å². The first-order valence-corrected chi connectivity index (χ1v) is 7.84. The summed E-state index contributed by atoms with van der Waals surface area (Å²) in [7, 11) is -0.957. The summed E-state index contributed by atoms with van der Waals surface area (Å²) in [6, 6.07) is 7.41. The molecule has 2 rings (SSSR count). The number of piperidine rings is 1. The van der Waals surface area contributed by atoms with E-state index in [0.29, 0.717) is 10.8 Å². The second-order valence-electron chi connectivity index (χ2n) is 4.92. The molecule has 1 aromatic rings. The molecule has 1 aliphatic heterocycles. The van der Waals surface area contributed by atoms with Gasteiger partial charge in [0.05, 0.1) is 4.90 Å². The number of rotatable bonds is 2. The summed E-state index contributed by atoms with van der Waals surface area (Å²) in [5.74, 6) is 0.507. The largest absolute Gasteiger partial charge is 0.306 e. The molecule has 0 N–H and O–H groups in total. The molecule has 94 valence electrons. The number of likely N-dealkylation sites (tertiary alicyclic amines) is 1. The standard InChI is InChI=1S/C13H19NO2S/c1-14-8-6-11(7-9-14)12-4-3-5-13(10-12)17(2,15)16/h3-5,10-11H,6-9H2,1-2H3. The van der Waals surface area contributed by atoms with Gasteiger partial charge in [0.1, 0.15) is 0 Å². The van der Waals surface area contributed by atoms with Gasteiger partial charge in [0.15, 0.2) is 9.84 Å². The third kappa shape index (κ3) is 3.07. The number of nitrogens with zero attached hydrogens (tertiary/aromatic N) is 1. The predicted octanol–water partition coefficient (Wildman–Crippen LogP) is 1.90. The Morgan fingerprint density at radius 1 is 1.24 bits per heavy atom. The minimum absolute atomic E-state index is 0.439. The first-order valence-electron chi connectivity index (χ1n) is 5.95. The van der Waals surface area contributed by atoms with Gasteiger partial charge in [-0.1, -0.05) is 12.1 Å². The molecule has 4 heteroatoms. The lowest BCUT2D eigenvalue weighted by molar-refractivity contribution is 0.255. The van der Waals surface area contributed by atoms with Gasteiger partial charge in [0.2, 0.25) is 0 Å². The van der Waals surface area contributed by atoms with Gasteiger partial charge < -0.3 is 4.90 Å². The van der Waals surface area contributed by atoms with E-state index in [9.17, 15) is 8.42 Å². The van der Waals surface area contributed by atoms with Crippen LogP contribution in [0.1, 0.15) is 24.3 Å². The molecule has 0 atom stereocenters. The molecule has 17 heavy (non-hydrogen) atoms. The van der Waals surface area contributed by atoms with E-state index in [4.69, 9.17) is 0 Å². The molecular weight excluding hydrogens is 234 g/mol. The van der Waals surface area contributed by atoms with Crippen LogP contribution in [0.3, 0.4) is 0 Å². The molecule has 3 nitrogen and oxygen atoms in total. The lowest BCUT2D eigenvalue weighted by Crippen LogP contribution is -2.29. The van der Waals surface area contributed by atoms with Crippen molar-refractivity contribution in [2.24, 2.45) is 0 Å². The lowest BCUT2D eigenvalue weighted by atomic mass is 9.90. The zero-order valence-corrected chi connectivity index (χ0v) is 11.2. The first kappa shape index (κ1) is 12.6. The molecule has 0 radical (unpaired) electrons. The van der Waals surface area contributed by atoms with Crippen LogP contribution >= 0.6 is 0 Å². The van der Waals surface area contributed by atoms with Crippen molar-refractivity contribution in [1.82, 2.24) is 4.90 Å². The molecule has 0 amide bonds. The van der Waals surface area contributed by atoms with Crippen LogP contribution in [0.2, 0.25) is 0 Å². The average Bonchev–Trinajstić information content (AvgIpc) is 2.29. The Morgan fingerprint density at radius 3 is 2.47 bits per heavy atom. The number of hydrogen-bond acceptors (Lipinski definition) is 3. The normalized spacial score (nSPS) is 19.4. The van der Waals surface area contributed by atoms with Crippen molar-refractivity contribution in [3.8, 4) is 0 Å². The fourth-order valence-electron chi connectivity index (χ4n) is 2.34. The van der Waals surface area contributed by atoms with Crippen molar-refractivity contribution in [1.29, 1.82) is 0 Å². The van der Waals surface area contributed by atoms with Crippen molar-refractivity contribution in [2.75, 3.05) is 26.4 Å². The Balaban J connectivity index is 2.22. The number of sulfone groups is 1. The summed E-state index contributed by atoms with van der Waals surface area (Å²) in [5.41, 5.74) is 1.17. The smallest absolute Gasteiger partial charge is 0.175 e. The molecule has 0 aliphatic carbocycles. The maximum Gasteiger partial charge on any atom is 0.175 e. The van der Waals surface area contributed by atoms with Gasteiger partial charge in [0.25, 0.3) is 0 Å². The minimum Gasteiger partial charge on any atom is -0.306 e. The topological polar surface area (TPSA) is 37.4 Å². The zero-order chi connectivity index (χ0) is 12.5. The molecule has 1 aliphatic rings. The van der Waals surface area contributed by atoms with E-state index in [0.717, 1.165) is 25.9 Å². The Kier molecular flexibility index (Phi) is 3.54.